The first-order valence-electron chi connectivity index (χ1n) is 6.27. The van der Waals surface area contributed by atoms with Gasteiger partial charge in [0.05, 0.1) is 5.69 Å². The fraction of sp³-hybridized carbons (Fsp3) is 0.667. The molecule has 0 atom stereocenters. The zero-order chi connectivity index (χ0) is 12.2. The van der Waals surface area contributed by atoms with Gasteiger partial charge in [0.25, 0.3) is 0 Å². The number of hydrogen-bond acceptors (Lipinski definition) is 2. The number of nitrogens with one attached hydrogen (secondary N) is 1. The van der Waals surface area contributed by atoms with Gasteiger partial charge in [-0.15, -0.1) is 0 Å². The van der Waals surface area contributed by atoms with Gasteiger partial charge in [-0.1, -0.05) is 13.8 Å². The average molecular weight is 250 g/mol. The molecule has 1 aliphatic rings. The maximum Gasteiger partial charge on any atom is 0.179 e. The predicted molar refractivity (Wildman–Crippen MR) is 70.7 cm³/mol. The fourth-order valence-corrected chi connectivity index (χ4v) is 3.23. The van der Waals surface area contributed by atoms with Gasteiger partial charge in [-0.2, -0.15) is 5.10 Å². The predicted octanol–water partition coefficient (Wildman–Crippen LogP) is 2.97. The van der Waals surface area contributed by atoms with E-state index in [1.807, 2.05) is 11.7 Å². The zero-order valence-corrected chi connectivity index (χ0v) is 11.3. The summed E-state index contributed by atoms with van der Waals surface area (Å²) >= 11 is 5.46. The minimum absolute atomic E-state index is 0.561. The Kier molecular flexibility index (Phi) is 2.40. The van der Waals surface area contributed by atoms with Crippen LogP contribution in [-0.4, -0.2) is 19.3 Å². The van der Waals surface area contributed by atoms with E-state index in [9.17, 15) is 0 Å². The van der Waals surface area contributed by atoms with Crippen LogP contribution in [-0.2, 0) is 13.5 Å². The summed E-state index contributed by atoms with van der Waals surface area (Å²) in [7, 11) is 2.00. The van der Waals surface area contributed by atoms with Crippen LogP contribution in [0, 0.1) is 10.7 Å². The van der Waals surface area contributed by atoms with Gasteiger partial charge in [-0.3, -0.25) is 9.25 Å². The first-order valence-corrected chi connectivity index (χ1v) is 6.68. The van der Waals surface area contributed by atoms with Crippen molar-refractivity contribution >= 4 is 23.4 Å². The molecule has 1 N–H and O–H groups in total. The molecule has 0 unspecified atom stereocenters. The Bertz CT molecular complexity index is 612. The highest BCUT2D eigenvalue weighted by Crippen LogP contribution is 2.39. The van der Waals surface area contributed by atoms with E-state index >= 15 is 0 Å². The third kappa shape index (κ3) is 1.48. The maximum absolute atomic E-state index is 5.46. The summed E-state index contributed by atoms with van der Waals surface area (Å²) in [4.78, 5) is 3.33. The second kappa shape index (κ2) is 3.70. The molecule has 2 heterocycles. The van der Waals surface area contributed by atoms with Gasteiger partial charge in [0.2, 0.25) is 0 Å². The summed E-state index contributed by atoms with van der Waals surface area (Å²) in [5.41, 5.74) is 3.39. The molecule has 1 fully saturated rings. The Morgan fingerprint density at radius 1 is 1.47 bits per heavy atom. The Morgan fingerprint density at radius 3 is 2.76 bits per heavy atom. The minimum Gasteiger partial charge on any atom is -0.328 e. The molecule has 2 aromatic rings. The third-order valence-corrected chi connectivity index (χ3v) is 4.12. The van der Waals surface area contributed by atoms with Gasteiger partial charge in [-0.25, -0.2) is 0 Å². The van der Waals surface area contributed by atoms with Crippen LogP contribution in [0.2, 0.25) is 0 Å². The summed E-state index contributed by atoms with van der Waals surface area (Å²) in [6, 6.07) is 0.561. The van der Waals surface area contributed by atoms with Crippen molar-refractivity contribution in [2.24, 2.45) is 13.0 Å². The molecule has 3 rings (SSSR count). The first-order chi connectivity index (χ1) is 8.11. The van der Waals surface area contributed by atoms with Crippen molar-refractivity contribution in [2.75, 3.05) is 0 Å². The zero-order valence-electron chi connectivity index (χ0n) is 10.5. The Balaban J connectivity index is 2.20. The van der Waals surface area contributed by atoms with E-state index in [0.717, 1.165) is 34.0 Å². The number of H-pyrrole nitrogens is 1. The number of rotatable bonds is 2. The quantitative estimate of drug-likeness (QED) is 0.832. The van der Waals surface area contributed by atoms with Crippen molar-refractivity contribution in [3.05, 3.63) is 10.5 Å². The van der Waals surface area contributed by atoms with Gasteiger partial charge >= 0.3 is 0 Å². The molecule has 0 spiro atoms. The second-order valence-corrected chi connectivity index (χ2v) is 5.54. The van der Waals surface area contributed by atoms with Crippen molar-refractivity contribution in [3.8, 4) is 0 Å². The van der Waals surface area contributed by atoms with Crippen LogP contribution in [0.3, 0.4) is 0 Å². The van der Waals surface area contributed by atoms with E-state index in [0.29, 0.717) is 6.04 Å². The molecule has 0 aliphatic heterocycles. The van der Waals surface area contributed by atoms with Gasteiger partial charge in [0, 0.05) is 13.1 Å². The Morgan fingerprint density at radius 2 is 2.18 bits per heavy atom. The molecule has 4 nitrogen and oxygen atoms in total. The lowest BCUT2D eigenvalue weighted by Gasteiger charge is -2.33. The molecule has 0 amide bonds. The topological polar surface area (TPSA) is 38.5 Å². The number of aromatic nitrogens is 4. The van der Waals surface area contributed by atoms with E-state index in [2.05, 4.69) is 28.5 Å². The van der Waals surface area contributed by atoms with Crippen molar-refractivity contribution in [1.29, 1.82) is 0 Å². The van der Waals surface area contributed by atoms with Crippen molar-refractivity contribution < 1.29 is 0 Å². The van der Waals surface area contributed by atoms with E-state index in [1.165, 1.54) is 12.8 Å². The molecule has 92 valence electrons. The van der Waals surface area contributed by atoms with E-state index < -0.39 is 0 Å². The summed E-state index contributed by atoms with van der Waals surface area (Å²) in [6.45, 7) is 4.42. The molecular formula is C12H18N4S. The Labute approximate surface area is 106 Å². The lowest BCUT2D eigenvalue weighted by molar-refractivity contribution is 0.217. The molecule has 5 heteroatoms. The van der Waals surface area contributed by atoms with Gasteiger partial charge in [-0.05, 0) is 37.4 Å². The van der Waals surface area contributed by atoms with Crippen LogP contribution in [0.4, 0.5) is 0 Å². The van der Waals surface area contributed by atoms with Crippen molar-refractivity contribution in [2.45, 2.75) is 39.2 Å². The normalized spacial score (nSPS) is 24.2. The van der Waals surface area contributed by atoms with E-state index in [-0.39, 0.29) is 0 Å². The highest BCUT2D eigenvalue weighted by Gasteiger charge is 2.30. The van der Waals surface area contributed by atoms with Crippen LogP contribution in [0.1, 0.15) is 38.4 Å². The number of imidazole rings is 1. The van der Waals surface area contributed by atoms with Crippen LogP contribution < -0.4 is 0 Å². The fourth-order valence-electron chi connectivity index (χ4n) is 2.89. The van der Waals surface area contributed by atoms with Crippen LogP contribution >= 0.6 is 12.2 Å². The van der Waals surface area contributed by atoms with Gasteiger partial charge < -0.3 is 4.98 Å². The van der Waals surface area contributed by atoms with E-state index in [4.69, 9.17) is 12.2 Å². The number of aryl methyl sites for hydroxylation is 2. The monoisotopic (exact) mass is 250 g/mol. The molecule has 1 saturated carbocycles. The Hall–Kier alpha value is -1.10. The molecule has 2 aromatic heterocycles. The van der Waals surface area contributed by atoms with Crippen LogP contribution in [0.25, 0.3) is 11.2 Å². The third-order valence-electron chi connectivity index (χ3n) is 3.82. The largest absolute Gasteiger partial charge is 0.328 e. The second-order valence-electron chi connectivity index (χ2n) is 5.15. The summed E-state index contributed by atoms with van der Waals surface area (Å²) in [5, 5.41) is 4.55. The summed E-state index contributed by atoms with van der Waals surface area (Å²) < 4.78 is 5.07. The number of hydrogen-bond donors (Lipinski definition) is 1. The molecule has 0 saturated heterocycles. The number of nitrogens with zero attached hydrogens (tertiary/aromatic N) is 3. The molecular weight excluding hydrogens is 232 g/mol. The molecule has 17 heavy (non-hydrogen) atoms. The SMILES string of the molecule is CCc1nn(C)c2c1[nH]c(=S)n2C1CC(C)C1. The van der Waals surface area contributed by atoms with Crippen molar-refractivity contribution in [1.82, 2.24) is 19.3 Å². The lowest BCUT2D eigenvalue weighted by Crippen LogP contribution is -2.25. The van der Waals surface area contributed by atoms with Gasteiger partial charge in [0.15, 0.2) is 10.4 Å². The summed E-state index contributed by atoms with van der Waals surface area (Å²) in [6.07, 6.45) is 3.40. The van der Waals surface area contributed by atoms with Crippen molar-refractivity contribution in [3.63, 3.8) is 0 Å². The molecule has 0 radical (unpaired) electrons. The van der Waals surface area contributed by atoms with E-state index in [1.54, 1.807) is 0 Å². The average Bonchev–Trinajstić information content (AvgIpc) is 2.72. The highest BCUT2D eigenvalue weighted by molar-refractivity contribution is 7.71. The van der Waals surface area contributed by atoms with Crippen LogP contribution in [0.5, 0.6) is 0 Å². The molecule has 1 aliphatic carbocycles. The smallest absolute Gasteiger partial charge is 0.179 e. The summed E-state index contributed by atoms with van der Waals surface area (Å²) in [5.74, 6) is 0.825. The number of aromatic amines is 1. The molecule has 0 aromatic carbocycles. The standard InChI is InChI=1S/C12H18N4S/c1-4-9-10-11(15(3)14-9)16(12(17)13-10)8-5-7(2)6-8/h7-8H,4-6H2,1-3H3,(H,13,17). The number of fused-ring (bicyclic) bond motifs is 1. The van der Waals surface area contributed by atoms with Crippen LogP contribution in [0.15, 0.2) is 0 Å². The van der Waals surface area contributed by atoms with Gasteiger partial charge in [0.1, 0.15) is 5.52 Å². The molecule has 0 bridgehead atoms. The first kappa shape index (κ1) is 11.0. The maximum atomic E-state index is 5.46. The highest BCUT2D eigenvalue weighted by atomic mass is 32.1. The minimum atomic E-state index is 0.561. The lowest BCUT2D eigenvalue weighted by atomic mass is 9.82.